The quantitative estimate of drug-likeness (QED) is 0.455. The molecule has 1 saturated carbocycles. The van der Waals surface area contributed by atoms with Gasteiger partial charge in [-0.2, -0.15) is 0 Å². The van der Waals surface area contributed by atoms with Crippen molar-refractivity contribution in [3.63, 3.8) is 0 Å². The van der Waals surface area contributed by atoms with Crippen molar-refractivity contribution in [2.75, 3.05) is 13.2 Å². The number of nitrogens with one attached hydrogen (secondary N) is 1. The lowest BCUT2D eigenvalue weighted by molar-refractivity contribution is -0.149. The minimum absolute atomic E-state index is 0.0249. The number of rotatable bonds is 5. The van der Waals surface area contributed by atoms with E-state index in [1.165, 1.54) is 0 Å². The van der Waals surface area contributed by atoms with Gasteiger partial charge in [0.25, 0.3) is 0 Å². The van der Waals surface area contributed by atoms with Crippen LogP contribution < -0.4 is 5.32 Å². The Labute approximate surface area is 101 Å². The second-order valence-electron chi connectivity index (χ2n) is 4.18. The summed E-state index contributed by atoms with van der Waals surface area (Å²) in [6.45, 7) is 2.70. The molecule has 0 aromatic carbocycles. The zero-order valence-corrected chi connectivity index (χ0v) is 10.3. The monoisotopic (exact) mass is 247 g/mol. The molecule has 0 saturated heterocycles. The van der Waals surface area contributed by atoms with Crippen LogP contribution in [0.2, 0.25) is 0 Å². The minimum atomic E-state index is -0.385. The van der Waals surface area contributed by atoms with Crippen LogP contribution in [0.3, 0.4) is 0 Å². The summed E-state index contributed by atoms with van der Waals surface area (Å²) in [4.78, 5) is 21.3. The number of hydrogen-bond acceptors (Lipinski definition) is 3. The number of hydrogen-bond donors (Lipinski definition) is 1. The fourth-order valence-corrected chi connectivity index (χ4v) is 2.33. The predicted octanol–water partition coefficient (Wildman–Crippen LogP) is 1.46. The van der Waals surface area contributed by atoms with Crippen LogP contribution in [0, 0.1) is 5.92 Å². The van der Waals surface area contributed by atoms with Gasteiger partial charge >= 0.3 is 5.97 Å². The Morgan fingerprint density at radius 2 is 2.19 bits per heavy atom. The Balaban J connectivity index is 2.37. The first-order valence-electron chi connectivity index (χ1n) is 5.64. The van der Waals surface area contributed by atoms with Crippen LogP contribution >= 0.6 is 11.6 Å². The summed E-state index contributed by atoms with van der Waals surface area (Å²) < 4.78 is 4.98. The van der Waals surface area contributed by atoms with Gasteiger partial charge < -0.3 is 10.1 Å². The van der Waals surface area contributed by atoms with E-state index in [4.69, 9.17) is 16.3 Å². The van der Waals surface area contributed by atoms with E-state index in [1.807, 2.05) is 0 Å². The third kappa shape index (κ3) is 3.67. The molecule has 0 bridgehead atoms. The summed E-state index contributed by atoms with van der Waals surface area (Å²) in [5, 5.41) is 2.60. The molecule has 1 aliphatic rings. The maximum atomic E-state index is 11.5. The molecule has 0 unspecified atom stereocenters. The van der Waals surface area contributed by atoms with E-state index in [9.17, 15) is 9.59 Å². The van der Waals surface area contributed by atoms with Gasteiger partial charge in [-0.05, 0) is 32.6 Å². The third-order valence-corrected chi connectivity index (χ3v) is 3.52. The number of alkyl halides is 1. The molecule has 1 aliphatic carbocycles. The van der Waals surface area contributed by atoms with Gasteiger partial charge in [0.1, 0.15) is 0 Å². The van der Waals surface area contributed by atoms with E-state index in [0.29, 0.717) is 19.6 Å². The fraction of sp³-hybridized carbons (Fsp3) is 0.818. The summed E-state index contributed by atoms with van der Waals surface area (Å²) in [5.41, 5.74) is 0. The molecule has 0 atom stereocenters. The number of halogens is 1. The highest BCUT2D eigenvalue weighted by Gasteiger charge is 2.36. The van der Waals surface area contributed by atoms with Gasteiger partial charge in [-0.1, -0.05) is 0 Å². The van der Waals surface area contributed by atoms with Gasteiger partial charge in [0.15, 0.2) is 0 Å². The number of carbonyl (C=O) groups is 2. The average Bonchev–Trinajstić information content (AvgIpc) is 2.28. The van der Waals surface area contributed by atoms with E-state index >= 15 is 0 Å². The van der Waals surface area contributed by atoms with E-state index in [-0.39, 0.29) is 16.8 Å². The lowest BCUT2D eigenvalue weighted by Crippen LogP contribution is -2.40. The molecule has 4 nitrogen and oxygen atoms in total. The summed E-state index contributed by atoms with van der Waals surface area (Å²) in [6, 6.07) is 0. The summed E-state index contributed by atoms with van der Waals surface area (Å²) in [7, 11) is 0. The molecule has 0 aromatic rings. The molecular weight excluding hydrogens is 230 g/mol. The largest absolute Gasteiger partial charge is 0.466 e. The van der Waals surface area contributed by atoms with Crippen molar-refractivity contribution in [2.45, 2.75) is 37.5 Å². The fourth-order valence-electron chi connectivity index (χ4n) is 2.03. The van der Waals surface area contributed by atoms with Crippen molar-refractivity contribution in [1.82, 2.24) is 5.32 Å². The van der Waals surface area contributed by atoms with E-state index < -0.39 is 0 Å². The minimum Gasteiger partial charge on any atom is -0.466 e. The van der Waals surface area contributed by atoms with Gasteiger partial charge in [-0.15, -0.1) is 11.6 Å². The summed E-state index contributed by atoms with van der Waals surface area (Å²) >= 11 is 6.33. The molecule has 0 spiro atoms. The smallest absolute Gasteiger partial charge is 0.308 e. The maximum Gasteiger partial charge on any atom is 0.308 e. The van der Waals surface area contributed by atoms with Crippen molar-refractivity contribution in [3.05, 3.63) is 0 Å². The molecule has 16 heavy (non-hydrogen) atoms. The van der Waals surface area contributed by atoms with Crippen LogP contribution in [0.25, 0.3) is 0 Å². The van der Waals surface area contributed by atoms with Crippen molar-refractivity contribution in [1.29, 1.82) is 0 Å². The molecule has 1 fully saturated rings. The van der Waals surface area contributed by atoms with Crippen LogP contribution in [-0.4, -0.2) is 30.4 Å². The molecule has 92 valence electrons. The molecule has 0 radical (unpaired) electrons. The number of ether oxygens (including phenoxy) is 1. The first kappa shape index (κ1) is 13.3. The molecule has 0 aliphatic heterocycles. The van der Waals surface area contributed by atoms with Crippen LogP contribution in [0.15, 0.2) is 0 Å². The van der Waals surface area contributed by atoms with E-state index in [2.05, 4.69) is 5.32 Å². The van der Waals surface area contributed by atoms with Crippen molar-refractivity contribution in [3.8, 4) is 0 Å². The Morgan fingerprint density at radius 1 is 1.56 bits per heavy atom. The van der Waals surface area contributed by atoms with Crippen LogP contribution in [0.1, 0.15) is 32.6 Å². The highest BCUT2D eigenvalue weighted by atomic mass is 35.5. The average molecular weight is 248 g/mol. The summed E-state index contributed by atoms with van der Waals surface area (Å²) in [6.07, 6.45) is 3.60. The normalized spacial score (nSPS) is 29.5. The number of esters is 1. The second-order valence-corrected chi connectivity index (χ2v) is 4.98. The van der Waals surface area contributed by atoms with Crippen molar-refractivity contribution in [2.24, 2.45) is 5.92 Å². The van der Waals surface area contributed by atoms with Crippen LogP contribution in [0.4, 0.5) is 0 Å². The molecule has 0 heterocycles. The van der Waals surface area contributed by atoms with Gasteiger partial charge in [-0.3, -0.25) is 9.59 Å². The Bertz CT molecular complexity index is 250. The van der Waals surface area contributed by atoms with E-state index in [0.717, 1.165) is 25.7 Å². The summed E-state index contributed by atoms with van der Waals surface area (Å²) in [5.74, 6) is -0.146. The van der Waals surface area contributed by atoms with Crippen molar-refractivity contribution >= 4 is 24.0 Å². The Morgan fingerprint density at radius 3 is 2.69 bits per heavy atom. The number of amides is 1. The number of carbonyl (C=O) groups excluding carboxylic acids is 2. The third-order valence-electron chi connectivity index (χ3n) is 3.00. The predicted molar refractivity (Wildman–Crippen MR) is 61.2 cm³/mol. The van der Waals surface area contributed by atoms with Crippen LogP contribution in [0.5, 0.6) is 0 Å². The zero-order chi connectivity index (χ0) is 12.0. The molecule has 1 N–H and O–H groups in total. The highest BCUT2D eigenvalue weighted by molar-refractivity contribution is 6.24. The maximum absolute atomic E-state index is 11.5. The SMILES string of the molecule is CCOC(=O)C1CCC(Cl)(CNC=O)CC1. The lowest BCUT2D eigenvalue weighted by Gasteiger charge is -2.34. The van der Waals surface area contributed by atoms with Crippen molar-refractivity contribution < 1.29 is 14.3 Å². The van der Waals surface area contributed by atoms with Gasteiger partial charge in [0.05, 0.1) is 17.4 Å². The van der Waals surface area contributed by atoms with Gasteiger partial charge in [0, 0.05) is 6.54 Å². The molecule has 0 aromatic heterocycles. The van der Waals surface area contributed by atoms with Crippen LogP contribution in [-0.2, 0) is 14.3 Å². The van der Waals surface area contributed by atoms with E-state index in [1.54, 1.807) is 6.92 Å². The molecule has 5 heteroatoms. The Kier molecular flexibility index (Phi) is 5.06. The Hall–Kier alpha value is -0.770. The van der Waals surface area contributed by atoms with Gasteiger partial charge in [-0.25, -0.2) is 0 Å². The highest BCUT2D eigenvalue weighted by Crippen LogP contribution is 2.37. The standard InChI is InChI=1S/C11H18ClNO3/c1-2-16-10(15)9-3-5-11(12,6-4-9)7-13-8-14/h8-9H,2-7H2,1H3,(H,13,14). The molecular formula is C11H18ClNO3. The zero-order valence-electron chi connectivity index (χ0n) is 9.50. The molecule has 1 rings (SSSR count). The first-order chi connectivity index (χ1) is 7.61. The lowest BCUT2D eigenvalue weighted by atomic mass is 9.81. The van der Waals surface area contributed by atoms with Gasteiger partial charge in [0.2, 0.25) is 6.41 Å². The second kappa shape index (κ2) is 6.09. The topological polar surface area (TPSA) is 55.4 Å². The molecule has 1 amide bonds. The first-order valence-corrected chi connectivity index (χ1v) is 6.01.